The van der Waals surface area contributed by atoms with Gasteiger partial charge in [0.1, 0.15) is 0 Å². The number of nitrogens with zero attached hydrogens (tertiary/aromatic N) is 2. The van der Waals surface area contributed by atoms with Gasteiger partial charge < -0.3 is 10.2 Å². The van der Waals surface area contributed by atoms with E-state index in [1.807, 2.05) is 12.1 Å². The highest BCUT2D eigenvalue weighted by atomic mass is 32.2. The van der Waals surface area contributed by atoms with Gasteiger partial charge in [0.15, 0.2) is 0 Å². The quantitative estimate of drug-likeness (QED) is 0.657. The van der Waals surface area contributed by atoms with Gasteiger partial charge in [-0.15, -0.1) is 11.8 Å². The van der Waals surface area contributed by atoms with E-state index in [0.717, 1.165) is 30.8 Å². The van der Waals surface area contributed by atoms with Crippen LogP contribution in [0, 0.1) is 17.8 Å². The number of aromatic nitrogens is 1. The summed E-state index contributed by atoms with van der Waals surface area (Å²) in [5, 5.41) is 2.99. The molecule has 1 aromatic heterocycles. The number of nitrogens with one attached hydrogen (secondary N) is 1. The first-order valence-corrected chi connectivity index (χ1v) is 8.68. The molecule has 0 radical (unpaired) electrons. The van der Waals surface area contributed by atoms with Gasteiger partial charge in [-0.1, -0.05) is 5.92 Å². The van der Waals surface area contributed by atoms with Crippen LogP contribution in [0.4, 0.5) is 0 Å². The van der Waals surface area contributed by atoms with E-state index in [4.69, 9.17) is 0 Å². The molecular formula is C17H21N3O2S. The van der Waals surface area contributed by atoms with Gasteiger partial charge in [0, 0.05) is 36.9 Å². The summed E-state index contributed by atoms with van der Waals surface area (Å²) in [5.74, 6) is 6.01. The lowest BCUT2D eigenvalue weighted by molar-refractivity contribution is -0.126. The minimum Gasteiger partial charge on any atom is -0.355 e. The molecule has 1 aliphatic rings. The van der Waals surface area contributed by atoms with Crippen LogP contribution in [0.25, 0.3) is 0 Å². The van der Waals surface area contributed by atoms with Gasteiger partial charge in [0.2, 0.25) is 5.91 Å². The van der Waals surface area contributed by atoms with Crippen molar-refractivity contribution < 1.29 is 9.59 Å². The molecule has 1 aliphatic heterocycles. The number of pyridine rings is 1. The number of thioether (sulfide) groups is 1. The summed E-state index contributed by atoms with van der Waals surface area (Å²) in [5.41, 5.74) is 0. The molecule has 23 heavy (non-hydrogen) atoms. The molecule has 1 saturated heterocycles. The SMILES string of the molecule is CC#CC(=O)N1CCC(CNC(=O)CSc2ccncc2)CC1. The molecule has 1 aromatic rings. The van der Waals surface area contributed by atoms with Gasteiger partial charge in [0.25, 0.3) is 5.91 Å². The van der Waals surface area contributed by atoms with E-state index < -0.39 is 0 Å². The first kappa shape index (κ1) is 17.4. The number of carbonyl (C=O) groups excluding carboxylic acids is 2. The highest BCUT2D eigenvalue weighted by Gasteiger charge is 2.22. The van der Waals surface area contributed by atoms with Crippen molar-refractivity contribution in [1.82, 2.24) is 15.2 Å². The van der Waals surface area contributed by atoms with Crippen LogP contribution in [0.15, 0.2) is 29.4 Å². The number of hydrogen-bond donors (Lipinski definition) is 1. The summed E-state index contributed by atoms with van der Waals surface area (Å²) in [6, 6.07) is 3.79. The Morgan fingerprint density at radius 3 is 2.70 bits per heavy atom. The van der Waals surface area contributed by atoms with E-state index in [2.05, 4.69) is 22.1 Å². The Bertz CT molecular complexity index is 587. The molecule has 2 heterocycles. The largest absolute Gasteiger partial charge is 0.355 e. The molecule has 5 nitrogen and oxygen atoms in total. The van der Waals surface area contributed by atoms with E-state index in [-0.39, 0.29) is 11.8 Å². The van der Waals surface area contributed by atoms with Crippen LogP contribution in [-0.2, 0) is 9.59 Å². The third-order valence-corrected chi connectivity index (χ3v) is 4.75. The predicted octanol–water partition coefficient (Wildman–Crippen LogP) is 1.55. The molecular weight excluding hydrogens is 310 g/mol. The average molecular weight is 331 g/mol. The fourth-order valence-electron chi connectivity index (χ4n) is 2.42. The highest BCUT2D eigenvalue weighted by molar-refractivity contribution is 8.00. The van der Waals surface area contributed by atoms with Crippen molar-refractivity contribution in [3.63, 3.8) is 0 Å². The molecule has 0 unspecified atom stereocenters. The Labute approximate surface area is 141 Å². The number of likely N-dealkylation sites (tertiary alicyclic amines) is 1. The summed E-state index contributed by atoms with van der Waals surface area (Å²) >= 11 is 1.50. The number of hydrogen-bond acceptors (Lipinski definition) is 4. The van der Waals surface area contributed by atoms with Gasteiger partial charge in [0.05, 0.1) is 5.75 Å². The lowest BCUT2D eigenvalue weighted by atomic mass is 9.97. The minimum absolute atomic E-state index is 0.0437. The highest BCUT2D eigenvalue weighted by Crippen LogP contribution is 2.17. The van der Waals surface area contributed by atoms with E-state index in [9.17, 15) is 9.59 Å². The van der Waals surface area contributed by atoms with Crippen LogP contribution in [0.1, 0.15) is 19.8 Å². The third-order valence-electron chi connectivity index (χ3n) is 3.74. The summed E-state index contributed by atoms with van der Waals surface area (Å²) in [4.78, 5) is 30.3. The second-order valence-electron chi connectivity index (χ2n) is 5.39. The van der Waals surface area contributed by atoms with Crippen molar-refractivity contribution in [3.05, 3.63) is 24.5 Å². The van der Waals surface area contributed by atoms with Gasteiger partial charge in [-0.25, -0.2) is 0 Å². The fraction of sp³-hybridized carbons (Fsp3) is 0.471. The summed E-state index contributed by atoms with van der Waals surface area (Å²) in [6.07, 6.45) is 5.26. The van der Waals surface area contributed by atoms with Crippen LogP contribution >= 0.6 is 11.8 Å². The zero-order valence-electron chi connectivity index (χ0n) is 13.2. The molecule has 1 N–H and O–H groups in total. The zero-order valence-corrected chi connectivity index (χ0v) is 14.1. The lowest BCUT2D eigenvalue weighted by Crippen LogP contribution is -2.41. The van der Waals surface area contributed by atoms with Crippen molar-refractivity contribution >= 4 is 23.6 Å². The van der Waals surface area contributed by atoms with Crippen molar-refractivity contribution in [3.8, 4) is 11.8 Å². The zero-order chi connectivity index (χ0) is 16.5. The third kappa shape index (κ3) is 5.95. The van der Waals surface area contributed by atoms with Crippen molar-refractivity contribution in [2.45, 2.75) is 24.7 Å². The number of carbonyl (C=O) groups is 2. The first-order valence-electron chi connectivity index (χ1n) is 7.70. The lowest BCUT2D eigenvalue weighted by Gasteiger charge is -2.30. The van der Waals surface area contributed by atoms with E-state index in [1.54, 1.807) is 24.2 Å². The molecule has 0 aromatic carbocycles. The van der Waals surface area contributed by atoms with Crippen LogP contribution in [-0.4, -0.2) is 47.1 Å². The fourth-order valence-corrected chi connectivity index (χ4v) is 3.13. The van der Waals surface area contributed by atoms with Crippen molar-refractivity contribution in [1.29, 1.82) is 0 Å². The second-order valence-corrected chi connectivity index (χ2v) is 6.43. The van der Waals surface area contributed by atoms with E-state index in [1.165, 1.54) is 11.8 Å². The van der Waals surface area contributed by atoms with E-state index >= 15 is 0 Å². The molecule has 2 amide bonds. The van der Waals surface area contributed by atoms with E-state index in [0.29, 0.717) is 18.2 Å². The maximum absolute atomic E-state index is 11.9. The topological polar surface area (TPSA) is 62.3 Å². The molecule has 6 heteroatoms. The molecule has 1 fully saturated rings. The maximum Gasteiger partial charge on any atom is 0.298 e. The van der Waals surface area contributed by atoms with Gasteiger partial charge in [-0.2, -0.15) is 0 Å². The Morgan fingerprint density at radius 2 is 2.04 bits per heavy atom. The predicted molar refractivity (Wildman–Crippen MR) is 90.7 cm³/mol. The standard InChI is InChI=1S/C17H21N3O2S/c1-2-3-17(22)20-10-6-14(7-11-20)12-19-16(21)13-23-15-4-8-18-9-5-15/h4-5,8-9,14H,6-7,10-13H2,1H3,(H,19,21). The van der Waals surface area contributed by atoms with Crippen molar-refractivity contribution in [2.24, 2.45) is 5.92 Å². The first-order chi connectivity index (χ1) is 11.2. The Balaban J connectivity index is 1.64. The molecule has 0 saturated carbocycles. The van der Waals surface area contributed by atoms with Crippen LogP contribution in [0.2, 0.25) is 0 Å². The Hall–Kier alpha value is -2.00. The Kier molecular flexibility index (Phi) is 6.95. The Morgan fingerprint density at radius 1 is 1.35 bits per heavy atom. The summed E-state index contributed by atoms with van der Waals surface area (Å²) in [6.45, 7) is 3.79. The van der Waals surface area contributed by atoms with Crippen molar-refractivity contribution in [2.75, 3.05) is 25.4 Å². The monoisotopic (exact) mass is 331 g/mol. The van der Waals surface area contributed by atoms with Gasteiger partial charge >= 0.3 is 0 Å². The molecule has 2 rings (SSSR count). The average Bonchev–Trinajstić information content (AvgIpc) is 2.59. The molecule has 0 aliphatic carbocycles. The number of rotatable bonds is 5. The molecule has 0 bridgehead atoms. The van der Waals surface area contributed by atoms with Gasteiger partial charge in [-0.3, -0.25) is 14.6 Å². The number of piperidine rings is 1. The van der Waals surface area contributed by atoms with Crippen LogP contribution < -0.4 is 5.32 Å². The second kappa shape index (κ2) is 9.21. The van der Waals surface area contributed by atoms with Crippen LogP contribution in [0.3, 0.4) is 0 Å². The normalized spacial score (nSPS) is 14.7. The number of amides is 2. The smallest absolute Gasteiger partial charge is 0.298 e. The summed E-state index contributed by atoms with van der Waals surface area (Å²) < 4.78 is 0. The minimum atomic E-state index is -0.0938. The van der Waals surface area contributed by atoms with Gasteiger partial charge in [-0.05, 0) is 43.7 Å². The van der Waals surface area contributed by atoms with Crippen LogP contribution in [0.5, 0.6) is 0 Å². The molecule has 0 spiro atoms. The molecule has 122 valence electrons. The maximum atomic E-state index is 11.9. The molecule has 0 atom stereocenters. The summed E-state index contributed by atoms with van der Waals surface area (Å²) in [7, 11) is 0.